The van der Waals surface area contributed by atoms with Crippen LogP contribution in [0.25, 0.3) is 0 Å². The van der Waals surface area contributed by atoms with Gasteiger partial charge in [-0.15, -0.1) is 0 Å². The van der Waals surface area contributed by atoms with Gasteiger partial charge in [0, 0.05) is 31.3 Å². The van der Waals surface area contributed by atoms with Crippen LogP contribution in [0.3, 0.4) is 0 Å². The third-order valence-electron chi connectivity index (χ3n) is 5.74. The van der Waals surface area contributed by atoms with Gasteiger partial charge in [-0.3, -0.25) is 9.48 Å². The maximum atomic E-state index is 13.8. The van der Waals surface area contributed by atoms with Crippen LogP contribution in [0.15, 0.2) is 36.7 Å². The molecule has 2 atom stereocenters. The van der Waals surface area contributed by atoms with E-state index in [2.05, 4.69) is 20.8 Å². The Hall–Kier alpha value is -3.30. The van der Waals surface area contributed by atoms with Gasteiger partial charge in [-0.2, -0.15) is 23.4 Å². The number of carbonyl (C=O) groups is 1. The number of fused-ring (bicyclic) bond motifs is 1. The number of hydrogen-bond acceptors (Lipinski definition) is 4. The highest BCUT2D eigenvalue weighted by atomic mass is 19.4. The number of amides is 1. The zero-order valence-corrected chi connectivity index (χ0v) is 17.4. The zero-order chi connectivity index (χ0) is 22.3. The van der Waals surface area contributed by atoms with Crippen molar-refractivity contribution in [2.45, 2.75) is 45.1 Å². The van der Waals surface area contributed by atoms with Crippen molar-refractivity contribution in [2.75, 3.05) is 5.32 Å². The maximum absolute atomic E-state index is 13.8. The van der Waals surface area contributed by atoms with Gasteiger partial charge >= 0.3 is 6.18 Å². The summed E-state index contributed by atoms with van der Waals surface area (Å²) in [6.45, 7) is 4.00. The summed E-state index contributed by atoms with van der Waals surface area (Å²) in [6, 6.07) is 4.90. The lowest BCUT2D eigenvalue weighted by Crippen LogP contribution is -2.36. The molecule has 31 heavy (non-hydrogen) atoms. The fourth-order valence-corrected chi connectivity index (χ4v) is 3.73. The molecule has 164 valence electrons. The van der Waals surface area contributed by atoms with Crippen LogP contribution < -0.4 is 10.6 Å². The van der Waals surface area contributed by atoms with E-state index < -0.39 is 24.2 Å². The van der Waals surface area contributed by atoms with Crippen molar-refractivity contribution in [1.29, 1.82) is 0 Å². The van der Waals surface area contributed by atoms with Crippen LogP contribution in [0.4, 0.5) is 19.0 Å². The first-order valence-electron chi connectivity index (χ1n) is 9.88. The molecule has 7 nitrogen and oxygen atoms in total. The van der Waals surface area contributed by atoms with Gasteiger partial charge in [0.25, 0.3) is 5.91 Å². The lowest BCUT2D eigenvalue weighted by molar-refractivity contribution is -0.173. The Morgan fingerprint density at radius 3 is 2.52 bits per heavy atom. The number of alkyl halides is 3. The van der Waals surface area contributed by atoms with Crippen molar-refractivity contribution in [3.05, 3.63) is 64.6 Å². The zero-order valence-electron chi connectivity index (χ0n) is 17.4. The van der Waals surface area contributed by atoms with Gasteiger partial charge in [0.1, 0.15) is 11.4 Å². The van der Waals surface area contributed by atoms with Crippen LogP contribution in [0, 0.1) is 13.8 Å². The molecule has 0 radical (unpaired) electrons. The second-order valence-corrected chi connectivity index (χ2v) is 7.81. The monoisotopic (exact) mass is 432 g/mol. The highest BCUT2D eigenvalue weighted by Gasteiger charge is 2.47. The molecule has 0 saturated heterocycles. The predicted molar refractivity (Wildman–Crippen MR) is 109 cm³/mol. The molecule has 10 heteroatoms. The van der Waals surface area contributed by atoms with Crippen LogP contribution in [0.2, 0.25) is 0 Å². The highest BCUT2D eigenvalue weighted by Crippen LogP contribution is 2.44. The van der Waals surface area contributed by atoms with Crippen LogP contribution in [-0.2, 0) is 13.6 Å². The molecule has 2 aromatic heterocycles. The summed E-state index contributed by atoms with van der Waals surface area (Å²) >= 11 is 0. The van der Waals surface area contributed by atoms with E-state index in [-0.39, 0.29) is 24.3 Å². The van der Waals surface area contributed by atoms with Crippen molar-refractivity contribution in [1.82, 2.24) is 24.9 Å². The summed E-state index contributed by atoms with van der Waals surface area (Å²) in [7, 11) is 1.79. The van der Waals surface area contributed by atoms with E-state index in [1.807, 2.05) is 26.0 Å². The standard InChI is InChI=1S/C21H23F3N6O/c1-12-4-6-14(7-5-12)17-8-18(21(22,23)24)30-19(28-17)16(11-27-30)20(31)25-9-15-10-26-29(3)13(15)2/h4-7,10-11,17-18,28H,8-9H2,1-3H3,(H,25,31)/t17-,18-/m1/s1. The third kappa shape index (κ3) is 4.01. The summed E-state index contributed by atoms with van der Waals surface area (Å²) < 4.78 is 44.0. The Morgan fingerprint density at radius 1 is 1.19 bits per heavy atom. The van der Waals surface area contributed by atoms with Crippen molar-refractivity contribution in [2.24, 2.45) is 7.05 Å². The number of aryl methyl sites for hydroxylation is 2. The van der Waals surface area contributed by atoms with Gasteiger partial charge in [-0.25, -0.2) is 4.68 Å². The molecule has 0 unspecified atom stereocenters. The number of rotatable bonds is 4. The molecule has 0 bridgehead atoms. The number of anilines is 1. The minimum Gasteiger partial charge on any atom is -0.363 e. The van der Waals surface area contributed by atoms with Gasteiger partial charge in [0.2, 0.25) is 0 Å². The number of halogens is 3. The van der Waals surface area contributed by atoms with E-state index in [0.717, 1.165) is 27.1 Å². The Kier molecular flexibility index (Phi) is 5.24. The van der Waals surface area contributed by atoms with Crippen molar-refractivity contribution in [3.63, 3.8) is 0 Å². The number of hydrogen-bond donors (Lipinski definition) is 2. The molecule has 0 fully saturated rings. The van der Waals surface area contributed by atoms with Gasteiger partial charge in [0.05, 0.1) is 18.4 Å². The van der Waals surface area contributed by atoms with E-state index in [0.29, 0.717) is 0 Å². The normalized spacial score (nSPS) is 18.4. The molecule has 1 aliphatic heterocycles. The Bertz CT molecular complexity index is 1100. The molecule has 1 amide bonds. The number of carbonyl (C=O) groups excluding carboxylic acids is 1. The largest absolute Gasteiger partial charge is 0.410 e. The van der Waals surface area contributed by atoms with Crippen LogP contribution in [0.5, 0.6) is 0 Å². The SMILES string of the molecule is Cc1ccc([C@H]2C[C@H](C(F)(F)F)n3ncc(C(=O)NCc4cnn(C)c4C)c3N2)cc1. The van der Waals surface area contributed by atoms with Crippen molar-refractivity contribution in [3.8, 4) is 0 Å². The van der Waals surface area contributed by atoms with E-state index in [1.165, 1.54) is 6.20 Å². The molecule has 1 aliphatic rings. The van der Waals surface area contributed by atoms with Crippen molar-refractivity contribution >= 4 is 11.7 Å². The Labute approximate surface area is 177 Å². The molecule has 1 aromatic carbocycles. The average Bonchev–Trinajstić information content (AvgIpc) is 3.29. The van der Waals surface area contributed by atoms with Crippen LogP contribution in [0.1, 0.15) is 51.2 Å². The molecule has 0 aliphatic carbocycles. The molecular formula is C21H23F3N6O. The first kappa shape index (κ1) is 21.0. The topological polar surface area (TPSA) is 76.8 Å². The Morgan fingerprint density at radius 2 is 1.90 bits per heavy atom. The predicted octanol–water partition coefficient (Wildman–Crippen LogP) is 3.82. The maximum Gasteiger partial charge on any atom is 0.410 e. The minimum absolute atomic E-state index is 0.0690. The van der Waals surface area contributed by atoms with E-state index >= 15 is 0 Å². The third-order valence-corrected chi connectivity index (χ3v) is 5.74. The first-order valence-corrected chi connectivity index (χ1v) is 9.88. The molecule has 3 heterocycles. The van der Waals surface area contributed by atoms with Crippen molar-refractivity contribution < 1.29 is 18.0 Å². The molecule has 3 aromatic rings. The van der Waals surface area contributed by atoms with Crippen LogP contribution in [-0.4, -0.2) is 31.6 Å². The Balaban J connectivity index is 1.62. The number of aromatic nitrogens is 4. The summed E-state index contributed by atoms with van der Waals surface area (Å²) in [5.41, 5.74) is 3.54. The minimum atomic E-state index is -4.49. The van der Waals surface area contributed by atoms with Gasteiger partial charge < -0.3 is 10.6 Å². The quantitative estimate of drug-likeness (QED) is 0.657. The molecule has 4 rings (SSSR count). The fourth-order valence-electron chi connectivity index (χ4n) is 3.73. The highest BCUT2D eigenvalue weighted by molar-refractivity contribution is 5.98. The van der Waals surface area contributed by atoms with Gasteiger partial charge in [0.15, 0.2) is 6.04 Å². The second-order valence-electron chi connectivity index (χ2n) is 7.81. The lowest BCUT2D eigenvalue weighted by atomic mass is 9.96. The van der Waals surface area contributed by atoms with Gasteiger partial charge in [-0.05, 0) is 19.4 Å². The van der Waals surface area contributed by atoms with Gasteiger partial charge in [-0.1, -0.05) is 29.8 Å². The summed E-state index contributed by atoms with van der Waals surface area (Å²) in [5.74, 6) is -0.429. The molecule has 0 spiro atoms. The van der Waals surface area contributed by atoms with E-state index in [9.17, 15) is 18.0 Å². The van der Waals surface area contributed by atoms with E-state index in [1.54, 1.807) is 30.1 Å². The van der Waals surface area contributed by atoms with Crippen LogP contribution >= 0.6 is 0 Å². The molecular weight excluding hydrogens is 409 g/mol. The van der Waals surface area contributed by atoms with E-state index in [4.69, 9.17) is 0 Å². The first-order chi connectivity index (χ1) is 14.6. The average molecular weight is 432 g/mol. The molecule has 2 N–H and O–H groups in total. The smallest absolute Gasteiger partial charge is 0.363 e. The fraction of sp³-hybridized carbons (Fsp3) is 0.381. The number of benzene rings is 1. The number of nitrogens with zero attached hydrogens (tertiary/aromatic N) is 4. The summed E-state index contributed by atoms with van der Waals surface area (Å²) in [4.78, 5) is 12.8. The second kappa shape index (κ2) is 7.75. The lowest BCUT2D eigenvalue weighted by Gasteiger charge is -2.34. The summed E-state index contributed by atoms with van der Waals surface area (Å²) in [5, 5.41) is 13.9. The number of nitrogens with one attached hydrogen (secondary N) is 2. The molecule has 0 saturated carbocycles. The summed E-state index contributed by atoms with van der Waals surface area (Å²) in [6.07, 6.45) is -1.87.